The zero-order valence-electron chi connectivity index (χ0n) is 9.29. The highest BCUT2D eigenvalue weighted by atomic mass is 14.3. The van der Waals surface area contributed by atoms with Crippen LogP contribution in [0.25, 0.3) is 0 Å². The number of hydrogen-bond acceptors (Lipinski definition) is 2. The predicted octanol–water partition coefficient (Wildman–Crippen LogP) is 3.65. The first-order chi connectivity index (χ1) is 6.74. The second-order valence-electron chi connectivity index (χ2n) is 3.94. The Morgan fingerprint density at radius 1 is 1.07 bits per heavy atom. The van der Waals surface area contributed by atoms with Crippen LogP contribution in [0.5, 0.6) is 0 Å². The third-order valence-corrected chi connectivity index (χ3v) is 2.45. The first-order valence-corrected chi connectivity index (χ1v) is 5.53. The number of nitriles is 2. The van der Waals surface area contributed by atoms with Crippen molar-refractivity contribution >= 4 is 0 Å². The Kier molecular flexibility index (Phi) is 7.95. The smallest absolute Gasteiger partial charge is 0.0656 e. The van der Waals surface area contributed by atoms with Gasteiger partial charge in [-0.05, 0) is 19.8 Å². The first kappa shape index (κ1) is 13.0. The molecule has 0 amide bonds. The van der Waals surface area contributed by atoms with Crippen LogP contribution < -0.4 is 0 Å². The maximum atomic E-state index is 8.87. The van der Waals surface area contributed by atoms with Crippen molar-refractivity contribution in [3.05, 3.63) is 0 Å². The second-order valence-corrected chi connectivity index (χ2v) is 3.94. The standard InChI is InChI=1S/C12H20N2/c1-3-4-5-6-7-12(10-14)8-11(2)9-13/h11-12H,3-8H2,1-2H3. The third-order valence-electron chi connectivity index (χ3n) is 2.45. The van der Waals surface area contributed by atoms with Gasteiger partial charge in [-0.1, -0.05) is 32.6 Å². The molecule has 2 heteroatoms. The normalized spacial score (nSPS) is 14.0. The zero-order chi connectivity index (χ0) is 10.8. The van der Waals surface area contributed by atoms with E-state index in [4.69, 9.17) is 10.5 Å². The van der Waals surface area contributed by atoms with Crippen LogP contribution in [0.1, 0.15) is 52.4 Å². The Bertz CT molecular complexity index is 209. The van der Waals surface area contributed by atoms with Gasteiger partial charge in [0, 0.05) is 11.8 Å². The predicted molar refractivity (Wildman–Crippen MR) is 57.3 cm³/mol. The van der Waals surface area contributed by atoms with Gasteiger partial charge in [0.05, 0.1) is 12.1 Å². The summed E-state index contributed by atoms with van der Waals surface area (Å²) < 4.78 is 0. The molecule has 0 N–H and O–H groups in total. The molecule has 2 atom stereocenters. The van der Waals surface area contributed by atoms with E-state index in [9.17, 15) is 0 Å². The molecule has 0 aliphatic carbocycles. The Morgan fingerprint density at radius 3 is 2.29 bits per heavy atom. The molecule has 78 valence electrons. The molecule has 0 aromatic carbocycles. The minimum Gasteiger partial charge on any atom is -0.198 e. The highest BCUT2D eigenvalue weighted by Gasteiger charge is 2.11. The Balaban J connectivity index is 3.61. The molecular weight excluding hydrogens is 172 g/mol. The van der Waals surface area contributed by atoms with Crippen molar-refractivity contribution in [2.75, 3.05) is 0 Å². The lowest BCUT2D eigenvalue weighted by molar-refractivity contribution is 0.468. The molecule has 0 heterocycles. The molecular formula is C12H20N2. The van der Waals surface area contributed by atoms with Gasteiger partial charge in [-0.15, -0.1) is 0 Å². The summed E-state index contributed by atoms with van der Waals surface area (Å²) in [7, 11) is 0. The highest BCUT2D eigenvalue weighted by Crippen LogP contribution is 2.17. The van der Waals surface area contributed by atoms with E-state index in [0.29, 0.717) is 0 Å². The first-order valence-electron chi connectivity index (χ1n) is 5.53. The molecule has 0 radical (unpaired) electrons. The van der Waals surface area contributed by atoms with Crippen LogP contribution >= 0.6 is 0 Å². The zero-order valence-corrected chi connectivity index (χ0v) is 9.29. The molecule has 2 nitrogen and oxygen atoms in total. The van der Waals surface area contributed by atoms with Gasteiger partial charge in [0.1, 0.15) is 0 Å². The SMILES string of the molecule is CCCCCCC(C#N)CC(C)C#N. The van der Waals surface area contributed by atoms with E-state index in [2.05, 4.69) is 19.1 Å². The third kappa shape index (κ3) is 6.49. The van der Waals surface area contributed by atoms with Crippen molar-refractivity contribution in [1.29, 1.82) is 10.5 Å². The van der Waals surface area contributed by atoms with Gasteiger partial charge in [0.25, 0.3) is 0 Å². The minimum atomic E-state index is 0.0193. The van der Waals surface area contributed by atoms with E-state index in [1.54, 1.807) is 0 Å². The quantitative estimate of drug-likeness (QED) is 0.578. The number of nitrogens with zero attached hydrogens (tertiary/aromatic N) is 2. The number of unbranched alkanes of at least 4 members (excludes halogenated alkanes) is 3. The van der Waals surface area contributed by atoms with Gasteiger partial charge in [-0.2, -0.15) is 10.5 Å². The van der Waals surface area contributed by atoms with Crippen molar-refractivity contribution in [1.82, 2.24) is 0 Å². The molecule has 0 aromatic heterocycles. The topological polar surface area (TPSA) is 47.6 Å². The average Bonchev–Trinajstić information content (AvgIpc) is 2.22. The van der Waals surface area contributed by atoms with Gasteiger partial charge >= 0.3 is 0 Å². The van der Waals surface area contributed by atoms with Crippen LogP contribution in [0, 0.1) is 34.5 Å². The molecule has 0 spiro atoms. The maximum absolute atomic E-state index is 8.87. The second kappa shape index (κ2) is 8.57. The van der Waals surface area contributed by atoms with Gasteiger partial charge in [0.15, 0.2) is 0 Å². The van der Waals surface area contributed by atoms with Crippen LogP contribution in [0.2, 0.25) is 0 Å². The molecule has 0 saturated heterocycles. The van der Waals surface area contributed by atoms with Crippen molar-refractivity contribution in [3.8, 4) is 12.1 Å². The molecule has 0 aromatic rings. The lowest BCUT2D eigenvalue weighted by Gasteiger charge is -2.09. The van der Waals surface area contributed by atoms with E-state index in [-0.39, 0.29) is 11.8 Å². The fourth-order valence-corrected chi connectivity index (χ4v) is 1.53. The molecule has 0 fully saturated rings. The molecule has 2 unspecified atom stereocenters. The Hall–Kier alpha value is -1.02. The van der Waals surface area contributed by atoms with Gasteiger partial charge in [-0.3, -0.25) is 0 Å². The summed E-state index contributed by atoms with van der Waals surface area (Å²) in [6, 6.07) is 4.47. The fraction of sp³-hybridized carbons (Fsp3) is 0.833. The maximum Gasteiger partial charge on any atom is 0.0656 e. The van der Waals surface area contributed by atoms with Crippen LogP contribution in [-0.4, -0.2) is 0 Å². The van der Waals surface area contributed by atoms with Gasteiger partial charge in [0.2, 0.25) is 0 Å². The molecule has 0 saturated carbocycles. The summed E-state index contributed by atoms with van der Waals surface area (Å²) in [5.74, 6) is 0.104. The van der Waals surface area contributed by atoms with Gasteiger partial charge in [-0.25, -0.2) is 0 Å². The lowest BCUT2D eigenvalue weighted by Crippen LogP contribution is -2.03. The van der Waals surface area contributed by atoms with Crippen molar-refractivity contribution < 1.29 is 0 Å². The average molecular weight is 192 g/mol. The summed E-state index contributed by atoms with van der Waals surface area (Å²) in [4.78, 5) is 0. The summed E-state index contributed by atoms with van der Waals surface area (Å²) in [6.45, 7) is 4.07. The van der Waals surface area contributed by atoms with Crippen LogP contribution in [0.15, 0.2) is 0 Å². The number of hydrogen-bond donors (Lipinski definition) is 0. The van der Waals surface area contributed by atoms with Crippen LogP contribution in [0.4, 0.5) is 0 Å². The molecule has 0 aliphatic heterocycles. The largest absolute Gasteiger partial charge is 0.198 e. The van der Waals surface area contributed by atoms with Crippen molar-refractivity contribution in [3.63, 3.8) is 0 Å². The van der Waals surface area contributed by atoms with E-state index in [0.717, 1.165) is 19.3 Å². The molecule has 14 heavy (non-hydrogen) atoms. The molecule has 0 rings (SSSR count). The van der Waals surface area contributed by atoms with Crippen molar-refractivity contribution in [2.24, 2.45) is 11.8 Å². The molecule has 0 aliphatic rings. The summed E-state index contributed by atoms with van der Waals surface area (Å²) >= 11 is 0. The Morgan fingerprint density at radius 2 is 1.79 bits per heavy atom. The Labute approximate surface area is 87.5 Å². The summed E-state index contributed by atoms with van der Waals surface area (Å²) in [6.07, 6.45) is 6.53. The lowest BCUT2D eigenvalue weighted by atomic mass is 9.93. The minimum absolute atomic E-state index is 0.0193. The van der Waals surface area contributed by atoms with Crippen molar-refractivity contribution in [2.45, 2.75) is 52.4 Å². The van der Waals surface area contributed by atoms with Crippen LogP contribution in [0.3, 0.4) is 0 Å². The van der Waals surface area contributed by atoms with E-state index in [1.165, 1.54) is 19.3 Å². The van der Waals surface area contributed by atoms with E-state index < -0.39 is 0 Å². The summed E-state index contributed by atoms with van der Waals surface area (Å²) in [5.41, 5.74) is 0. The van der Waals surface area contributed by atoms with E-state index in [1.807, 2.05) is 6.92 Å². The van der Waals surface area contributed by atoms with Crippen LogP contribution in [-0.2, 0) is 0 Å². The fourth-order valence-electron chi connectivity index (χ4n) is 1.53. The summed E-state index contributed by atoms with van der Waals surface area (Å²) in [5, 5.41) is 17.5. The number of rotatable bonds is 7. The highest BCUT2D eigenvalue weighted by molar-refractivity contribution is 4.89. The monoisotopic (exact) mass is 192 g/mol. The van der Waals surface area contributed by atoms with Gasteiger partial charge < -0.3 is 0 Å². The molecule has 0 bridgehead atoms. The van der Waals surface area contributed by atoms with E-state index >= 15 is 0 Å².